The molecule has 7 rings (SSSR count). The molecule has 0 radical (unpaired) electrons. The molecule has 42 heavy (non-hydrogen) atoms. The molecule has 1 aliphatic heterocycles. The lowest BCUT2D eigenvalue weighted by atomic mass is 9.41. The summed E-state index contributed by atoms with van der Waals surface area (Å²) in [5, 5.41) is 23.5. The van der Waals surface area contributed by atoms with E-state index in [9.17, 15) is 15.0 Å². The van der Waals surface area contributed by atoms with Crippen molar-refractivity contribution in [3.63, 3.8) is 0 Å². The molecule has 5 saturated carbocycles. The number of aliphatic hydroxyl groups excluding tert-OH is 2. The monoisotopic (exact) mass is 577 g/mol. The van der Waals surface area contributed by atoms with Crippen LogP contribution >= 0.6 is 0 Å². The second-order valence-corrected chi connectivity index (χ2v) is 16.9. The number of rotatable bonds is 4. The minimum Gasteiger partial charge on any atom is -0.393 e. The second-order valence-electron chi connectivity index (χ2n) is 16.9. The first kappa shape index (κ1) is 29.3. The fourth-order valence-corrected chi connectivity index (χ4v) is 13.2. The third-order valence-electron chi connectivity index (χ3n) is 15.4. The first-order chi connectivity index (χ1) is 19.7. The molecule has 0 bridgehead atoms. The standard InChI is InChI=1S/C37H55NO4/c1-22-19-26(20-38(24(3)39)23(2)25-11-9-8-10-12-25)42-31-30(22)34(6)17-18-37-21-36(37)16-15-29(40)33(4,5)27(36)13-14-28(37)35(34,7)32(31)41/h8-12,22-23,26-32,40-41H,13-21H2,1-7H3/t22-,23+,26?,27+,28?,29+,30+,31?,32+,34-,35-,36-,37+/m1/s1. The van der Waals surface area contributed by atoms with Gasteiger partial charge in [0.15, 0.2) is 0 Å². The van der Waals surface area contributed by atoms with Crippen LogP contribution in [0.15, 0.2) is 30.3 Å². The van der Waals surface area contributed by atoms with E-state index >= 15 is 0 Å². The van der Waals surface area contributed by atoms with Crippen molar-refractivity contribution >= 4 is 5.91 Å². The maximum absolute atomic E-state index is 12.9. The fraction of sp³-hybridized carbons (Fsp3) is 0.811. The molecule has 13 atom stereocenters. The Morgan fingerprint density at radius 2 is 1.67 bits per heavy atom. The van der Waals surface area contributed by atoms with E-state index in [-0.39, 0.29) is 46.5 Å². The summed E-state index contributed by atoms with van der Waals surface area (Å²) in [6.45, 7) is 16.3. The quantitative estimate of drug-likeness (QED) is 0.414. The van der Waals surface area contributed by atoms with Gasteiger partial charge in [0.25, 0.3) is 0 Å². The molecule has 1 aromatic rings. The highest BCUT2D eigenvalue weighted by atomic mass is 16.5. The van der Waals surface area contributed by atoms with Crippen LogP contribution in [0.4, 0.5) is 0 Å². The highest BCUT2D eigenvalue weighted by Gasteiger charge is 2.84. The molecular formula is C37H55NO4. The van der Waals surface area contributed by atoms with Crippen molar-refractivity contribution < 1.29 is 19.7 Å². The smallest absolute Gasteiger partial charge is 0.220 e. The number of aliphatic hydroxyl groups is 2. The van der Waals surface area contributed by atoms with Crippen LogP contribution in [0.1, 0.15) is 111 Å². The van der Waals surface area contributed by atoms with Gasteiger partial charge in [-0.3, -0.25) is 4.79 Å². The van der Waals surface area contributed by atoms with Gasteiger partial charge in [-0.2, -0.15) is 0 Å². The molecule has 6 aliphatic rings. The third-order valence-corrected chi connectivity index (χ3v) is 15.4. The van der Waals surface area contributed by atoms with Crippen molar-refractivity contribution in [2.75, 3.05) is 6.54 Å². The van der Waals surface area contributed by atoms with Gasteiger partial charge >= 0.3 is 0 Å². The van der Waals surface area contributed by atoms with Crippen LogP contribution in [-0.4, -0.2) is 52.0 Å². The highest BCUT2D eigenvalue weighted by Crippen LogP contribution is 2.89. The molecule has 6 fully saturated rings. The van der Waals surface area contributed by atoms with Crippen LogP contribution < -0.4 is 0 Å². The Bertz CT molecular complexity index is 1230. The number of benzene rings is 1. The SMILES string of the molecule is CC(=O)N(CC1C[C@@H](C)[C@H]2C(O1)[C@H](O)[C@@]1(C)C3CC[C@H]4C(C)(C)[C@@H](O)CC[C@@]45C[C@@]35CC[C@]21C)[C@@H](C)c1ccccc1. The van der Waals surface area contributed by atoms with E-state index < -0.39 is 6.10 Å². The van der Waals surface area contributed by atoms with Gasteiger partial charge in [-0.15, -0.1) is 0 Å². The molecule has 1 aromatic carbocycles. The average Bonchev–Trinajstić information content (AvgIpc) is 3.59. The summed E-state index contributed by atoms with van der Waals surface area (Å²) in [7, 11) is 0. The average molecular weight is 578 g/mol. The third kappa shape index (κ3) is 3.51. The summed E-state index contributed by atoms with van der Waals surface area (Å²) in [6, 6.07) is 10.3. The normalized spacial score (nSPS) is 50.8. The summed E-state index contributed by atoms with van der Waals surface area (Å²) in [4.78, 5) is 14.9. The summed E-state index contributed by atoms with van der Waals surface area (Å²) in [6.07, 6.45) is 8.14. The first-order valence-corrected chi connectivity index (χ1v) is 17.1. The molecule has 3 unspecified atom stereocenters. The lowest BCUT2D eigenvalue weighted by molar-refractivity contribution is -0.182. The summed E-state index contributed by atoms with van der Waals surface area (Å²) in [5.74, 6) is 1.93. The maximum atomic E-state index is 12.9. The number of hydrogen-bond acceptors (Lipinski definition) is 4. The van der Waals surface area contributed by atoms with Gasteiger partial charge in [-0.05, 0) is 109 Å². The van der Waals surface area contributed by atoms with Crippen molar-refractivity contribution in [2.45, 2.75) is 130 Å². The van der Waals surface area contributed by atoms with Crippen molar-refractivity contribution in [3.8, 4) is 0 Å². The molecule has 5 nitrogen and oxygen atoms in total. The van der Waals surface area contributed by atoms with Gasteiger partial charge in [-0.1, -0.05) is 65.0 Å². The molecule has 232 valence electrons. The summed E-state index contributed by atoms with van der Waals surface area (Å²) < 4.78 is 6.98. The van der Waals surface area contributed by atoms with Gasteiger partial charge in [0.1, 0.15) is 0 Å². The Balaban J connectivity index is 1.16. The van der Waals surface area contributed by atoms with E-state index in [1.807, 2.05) is 23.1 Å². The number of nitrogens with zero attached hydrogens (tertiary/aromatic N) is 1. The molecule has 1 saturated heterocycles. The lowest BCUT2D eigenvalue weighted by Gasteiger charge is -2.63. The molecule has 5 heteroatoms. The fourth-order valence-electron chi connectivity index (χ4n) is 13.2. The van der Waals surface area contributed by atoms with Gasteiger partial charge < -0.3 is 19.8 Å². The zero-order valence-corrected chi connectivity index (χ0v) is 27.1. The zero-order chi connectivity index (χ0) is 30.0. The van der Waals surface area contributed by atoms with Crippen LogP contribution in [0, 0.1) is 50.7 Å². The minimum absolute atomic E-state index is 0.0224. The number of hydrogen-bond donors (Lipinski definition) is 2. The zero-order valence-electron chi connectivity index (χ0n) is 27.1. The topological polar surface area (TPSA) is 70.0 Å². The molecule has 2 spiro atoms. The van der Waals surface area contributed by atoms with Gasteiger partial charge in [0, 0.05) is 18.9 Å². The van der Waals surface area contributed by atoms with E-state index in [0.29, 0.717) is 41.0 Å². The predicted octanol–water partition coefficient (Wildman–Crippen LogP) is 6.77. The van der Waals surface area contributed by atoms with E-state index in [1.165, 1.54) is 25.7 Å². The summed E-state index contributed by atoms with van der Waals surface area (Å²) >= 11 is 0. The summed E-state index contributed by atoms with van der Waals surface area (Å²) in [5.41, 5.74) is 1.63. The van der Waals surface area contributed by atoms with E-state index in [1.54, 1.807) is 6.92 Å². The number of carbonyl (C=O) groups excluding carboxylic acids is 1. The Kier molecular flexibility index (Phi) is 6.48. The van der Waals surface area contributed by atoms with E-state index in [4.69, 9.17) is 4.74 Å². The van der Waals surface area contributed by atoms with Crippen molar-refractivity contribution in [1.29, 1.82) is 0 Å². The predicted molar refractivity (Wildman–Crippen MR) is 164 cm³/mol. The number of amides is 1. The number of carbonyl (C=O) groups is 1. The van der Waals surface area contributed by atoms with Crippen molar-refractivity contribution in [1.82, 2.24) is 4.90 Å². The maximum Gasteiger partial charge on any atom is 0.220 e. The highest BCUT2D eigenvalue weighted by molar-refractivity contribution is 5.73. The Labute approximate surface area is 253 Å². The van der Waals surface area contributed by atoms with Crippen LogP contribution in [0.2, 0.25) is 0 Å². The number of fused-ring (bicyclic) bond motifs is 4. The Morgan fingerprint density at radius 1 is 1.00 bits per heavy atom. The van der Waals surface area contributed by atoms with Gasteiger partial charge in [-0.25, -0.2) is 0 Å². The second kappa shape index (κ2) is 9.30. The van der Waals surface area contributed by atoms with Crippen molar-refractivity contribution in [2.24, 2.45) is 50.7 Å². The Morgan fingerprint density at radius 3 is 2.36 bits per heavy atom. The molecule has 1 heterocycles. The molecule has 2 N–H and O–H groups in total. The first-order valence-electron chi connectivity index (χ1n) is 17.1. The van der Waals surface area contributed by atoms with Crippen LogP contribution in [0.5, 0.6) is 0 Å². The molecule has 5 aliphatic carbocycles. The largest absolute Gasteiger partial charge is 0.393 e. The van der Waals surface area contributed by atoms with Crippen LogP contribution in [-0.2, 0) is 9.53 Å². The minimum atomic E-state index is -0.492. The molecular weight excluding hydrogens is 522 g/mol. The van der Waals surface area contributed by atoms with E-state index in [2.05, 4.69) is 53.7 Å². The molecule has 1 amide bonds. The van der Waals surface area contributed by atoms with Crippen LogP contribution in [0.25, 0.3) is 0 Å². The van der Waals surface area contributed by atoms with Crippen LogP contribution in [0.3, 0.4) is 0 Å². The van der Waals surface area contributed by atoms with Gasteiger partial charge in [0.2, 0.25) is 5.91 Å². The lowest BCUT2D eigenvalue weighted by Crippen LogP contribution is -2.59. The van der Waals surface area contributed by atoms with Crippen molar-refractivity contribution in [3.05, 3.63) is 35.9 Å². The molecule has 0 aromatic heterocycles. The van der Waals surface area contributed by atoms with E-state index in [0.717, 1.165) is 31.2 Å². The number of ether oxygens (including phenoxy) is 1. The Hall–Kier alpha value is -1.43. The van der Waals surface area contributed by atoms with Gasteiger partial charge in [0.05, 0.1) is 30.5 Å².